The van der Waals surface area contributed by atoms with Gasteiger partial charge in [0, 0.05) is 0 Å². The quantitative estimate of drug-likeness (QED) is 0.484. The lowest BCUT2D eigenvalue weighted by Gasteiger charge is -2.09. The van der Waals surface area contributed by atoms with Crippen molar-refractivity contribution in [3.63, 3.8) is 0 Å². The molecule has 0 spiro atoms. The highest BCUT2D eigenvalue weighted by Gasteiger charge is 2.08. The molecule has 0 aromatic heterocycles. The van der Waals surface area contributed by atoms with Gasteiger partial charge in [0.05, 0.1) is 37.1 Å². The summed E-state index contributed by atoms with van der Waals surface area (Å²) in [5.41, 5.74) is 3.72. The van der Waals surface area contributed by atoms with Gasteiger partial charge in [0.15, 0.2) is 11.5 Å². The van der Waals surface area contributed by atoms with E-state index in [-0.39, 0.29) is 18.2 Å². The summed E-state index contributed by atoms with van der Waals surface area (Å²) in [4.78, 5) is 11.8. The van der Waals surface area contributed by atoms with Gasteiger partial charge in [-0.15, -0.1) is 0 Å². The monoisotopic (exact) mass is 407 g/mol. The third kappa shape index (κ3) is 5.12. The van der Waals surface area contributed by atoms with Gasteiger partial charge < -0.3 is 19.9 Å². The van der Waals surface area contributed by atoms with Gasteiger partial charge in [-0.05, 0) is 45.8 Å². The smallest absolute Gasteiger partial charge is 0.259 e. The zero-order valence-electron chi connectivity index (χ0n) is 13.7. The number of methoxy groups -OCH3 is 2. The molecular weight excluding hydrogens is 390 g/mol. The van der Waals surface area contributed by atoms with Crippen LogP contribution in [0, 0.1) is 0 Å². The number of phenols is 1. The number of anilines is 1. The SMILES string of the molecule is COc1ccccc1NCC(=O)NN=Cc1cc(O)c(OC)c(Br)c1. The Labute approximate surface area is 153 Å². The van der Waals surface area contributed by atoms with Crippen molar-refractivity contribution in [3.8, 4) is 17.2 Å². The topological polar surface area (TPSA) is 92.2 Å². The lowest BCUT2D eigenvalue weighted by atomic mass is 10.2. The first-order valence-electron chi connectivity index (χ1n) is 7.30. The second kappa shape index (κ2) is 8.93. The average molecular weight is 408 g/mol. The van der Waals surface area contributed by atoms with E-state index in [2.05, 4.69) is 31.8 Å². The van der Waals surface area contributed by atoms with Crippen LogP contribution in [0.1, 0.15) is 5.56 Å². The van der Waals surface area contributed by atoms with E-state index in [1.807, 2.05) is 18.2 Å². The van der Waals surface area contributed by atoms with E-state index in [9.17, 15) is 9.90 Å². The van der Waals surface area contributed by atoms with Crippen molar-refractivity contribution in [2.75, 3.05) is 26.1 Å². The average Bonchev–Trinajstić information content (AvgIpc) is 2.60. The summed E-state index contributed by atoms with van der Waals surface area (Å²) in [6.45, 7) is 0.0370. The van der Waals surface area contributed by atoms with Crippen molar-refractivity contribution >= 4 is 33.7 Å². The second-order valence-corrected chi connectivity index (χ2v) is 5.76. The van der Waals surface area contributed by atoms with Crippen molar-refractivity contribution in [3.05, 3.63) is 46.4 Å². The van der Waals surface area contributed by atoms with Crippen LogP contribution in [-0.2, 0) is 4.79 Å². The third-order valence-electron chi connectivity index (χ3n) is 3.20. The number of benzene rings is 2. The fraction of sp³-hybridized carbons (Fsp3) is 0.176. The van der Waals surface area contributed by atoms with Gasteiger partial charge in [-0.3, -0.25) is 4.79 Å². The van der Waals surface area contributed by atoms with E-state index < -0.39 is 0 Å². The number of aromatic hydroxyl groups is 1. The van der Waals surface area contributed by atoms with Crippen LogP contribution in [0.2, 0.25) is 0 Å². The molecule has 0 bridgehead atoms. The Hall–Kier alpha value is -2.74. The molecule has 0 saturated heterocycles. The zero-order chi connectivity index (χ0) is 18.2. The lowest BCUT2D eigenvalue weighted by Crippen LogP contribution is -2.26. The first kappa shape index (κ1) is 18.6. The molecule has 0 fully saturated rings. The van der Waals surface area contributed by atoms with E-state index in [1.54, 1.807) is 19.2 Å². The molecule has 2 aromatic rings. The Morgan fingerprint density at radius 1 is 1.28 bits per heavy atom. The molecule has 0 atom stereocenters. The minimum absolute atomic E-state index is 0.0255. The third-order valence-corrected chi connectivity index (χ3v) is 3.79. The van der Waals surface area contributed by atoms with Gasteiger partial charge in [-0.25, -0.2) is 5.43 Å². The van der Waals surface area contributed by atoms with Gasteiger partial charge in [-0.1, -0.05) is 12.1 Å². The minimum atomic E-state index is -0.320. The molecule has 2 rings (SSSR count). The van der Waals surface area contributed by atoms with Gasteiger partial charge in [0.2, 0.25) is 0 Å². The maximum Gasteiger partial charge on any atom is 0.259 e. The normalized spacial score (nSPS) is 10.5. The summed E-state index contributed by atoms with van der Waals surface area (Å²) in [5.74, 6) is 0.640. The summed E-state index contributed by atoms with van der Waals surface area (Å²) in [6.07, 6.45) is 1.42. The van der Waals surface area contributed by atoms with Crippen LogP contribution in [0.3, 0.4) is 0 Å². The molecule has 0 aliphatic rings. The maximum atomic E-state index is 11.8. The number of hydrogen-bond donors (Lipinski definition) is 3. The van der Waals surface area contributed by atoms with Crippen molar-refractivity contribution in [1.29, 1.82) is 0 Å². The van der Waals surface area contributed by atoms with Crippen LogP contribution in [0.25, 0.3) is 0 Å². The fourth-order valence-corrected chi connectivity index (χ4v) is 2.69. The van der Waals surface area contributed by atoms with Crippen LogP contribution < -0.4 is 20.2 Å². The largest absolute Gasteiger partial charge is 0.504 e. The molecule has 0 aliphatic carbocycles. The number of carbonyl (C=O) groups excluding carboxylic acids is 1. The Morgan fingerprint density at radius 3 is 2.72 bits per heavy atom. The summed E-state index contributed by atoms with van der Waals surface area (Å²) in [6, 6.07) is 10.5. The van der Waals surface area contributed by atoms with Crippen LogP contribution in [0.5, 0.6) is 17.2 Å². The molecule has 3 N–H and O–H groups in total. The number of hydrazone groups is 1. The van der Waals surface area contributed by atoms with E-state index in [0.29, 0.717) is 27.2 Å². The van der Waals surface area contributed by atoms with Crippen LogP contribution in [0.15, 0.2) is 46.0 Å². The Balaban J connectivity index is 1.90. The highest BCUT2D eigenvalue weighted by atomic mass is 79.9. The van der Waals surface area contributed by atoms with Crippen molar-refractivity contribution in [2.24, 2.45) is 5.10 Å². The van der Waals surface area contributed by atoms with Gasteiger partial charge in [0.1, 0.15) is 5.75 Å². The zero-order valence-corrected chi connectivity index (χ0v) is 15.3. The second-order valence-electron chi connectivity index (χ2n) is 4.90. The number of nitrogens with zero attached hydrogens (tertiary/aromatic N) is 1. The molecule has 0 saturated carbocycles. The van der Waals surface area contributed by atoms with Crippen molar-refractivity contribution in [2.45, 2.75) is 0 Å². The molecule has 7 nitrogen and oxygen atoms in total. The molecule has 1 amide bonds. The molecule has 0 unspecified atom stereocenters. The minimum Gasteiger partial charge on any atom is -0.504 e. The Bertz CT molecular complexity index is 757. The molecule has 0 aliphatic heterocycles. The van der Waals surface area contributed by atoms with Crippen molar-refractivity contribution in [1.82, 2.24) is 5.43 Å². The van der Waals surface area contributed by atoms with Crippen LogP contribution in [0.4, 0.5) is 5.69 Å². The van der Waals surface area contributed by atoms with E-state index in [4.69, 9.17) is 9.47 Å². The number of carbonyl (C=O) groups is 1. The van der Waals surface area contributed by atoms with Crippen molar-refractivity contribution < 1.29 is 19.4 Å². The number of amides is 1. The molecule has 0 heterocycles. The fourth-order valence-electron chi connectivity index (χ4n) is 2.06. The summed E-state index contributed by atoms with van der Waals surface area (Å²) < 4.78 is 10.8. The predicted molar refractivity (Wildman–Crippen MR) is 99.6 cm³/mol. The number of nitrogens with one attached hydrogen (secondary N) is 2. The Kier molecular flexibility index (Phi) is 6.64. The first-order chi connectivity index (χ1) is 12.0. The maximum absolute atomic E-state index is 11.8. The van der Waals surface area contributed by atoms with Crippen LogP contribution in [-0.4, -0.2) is 38.0 Å². The molecule has 2 aromatic carbocycles. The van der Waals surface area contributed by atoms with Gasteiger partial charge in [0.25, 0.3) is 5.91 Å². The molecule has 25 heavy (non-hydrogen) atoms. The number of halogens is 1. The number of hydrogen-bond acceptors (Lipinski definition) is 6. The summed E-state index contributed by atoms with van der Waals surface area (Å²) in [7, 11) is 3.02. The summed E-state index contributed by atoms with van der Waals surface area (Å²) >= 11 is 3.29. The highest BCUT2D eigenvalue weighted by molar-refractivity contribution is 9.10. The predicted octanol–water partition coefficient (Wildman–Crippen LogP) is 2.73. The number of rotatable bonds is 7. The van der Waals surface area contributed by atoms with E-state index in [0.717, 1.165) is 0 Å². The highest BCUT2D eigenvalue weighted by Crippen LogP contribution is 2.34. The van der Waals surface area contributed by atoms with Gasteiger partial charge >= 0.3 is 0 Å². The molecular formula is C17H18BrN3O4. The molecule has 132 valence electrons. The van der Waals surface area contributed by atoms with E-state index >= 15 is 0 Å². The number of para-hydroxylation sites is 2. The van der Waals surface area contributed by atoms with Gasteiger partial charge in [-0.2, -0.15) is 5.10 Å². The standard InChI is InChI=1S/C17H18BrN3O4/c1-24-15-6-4-3-5-13(15)19-10-16(23)21-20-9-11-7-12(18)17(25-2)14(22)8-11/h3-9,19,22H,10H2,1-2H3,(H,21,23). The number of phenolic OH excluding ortho intramolecular Hbond substituents is 1. The first-order valence-corrected chi connectivity index (χ1v) is 8.09. The number of ether oxygens (including phenoxy) is 2. The lowest BCUT2D eigenvalue weighted by molar-refractivity contribution is -0.119. The summed E-state index contributed by atoms with van der Waals surface area (Å²) in [5, 5.41) is 16.7. The molecule has 8 heteroatoms. The molecule has 0 radical (unpaired) electrons. The Morgan fingerprint density at radius 2 is 2.04 bits per heavy atom. The van der Waals surface area contributed by atoms with Crippen LogP contribution >= 0.6 is 15.9 Å². The van der Waals surface area contributed by atoms with E-state index in [1.165, 1.54) is 19.4 Å².